The van der Waals surface area contributed by atoms with Crippen molar-refractivity contribution in [2.45, 2.75) is 39.8 Å². The minimum Gasteiger partial charge on any atom is -0.493 e. The van der Waals surface area contributed by atoms with E-state index in [2.05, 4.69) is 5.10 Å². The van der Waals surface area contributed by atoms with Crippen LogP contribution in [0.4, 0.5) is 0 Å². The Hall–Kier alpha value is -1.75. The van der Waals surface area contributed by atoms with E-state index in [0.29, 0.717) is 17.2 Å². The lowest BCUT2D eigenvalue weighted by Crippen LogP contribution is -2.13. The van der Waals surface area contributed by atoms with E-state index in [1.165, 1.54) is 0 Å². The molecule has 0 saturated heterocycles. The molecule has 1 N–H and O–H groups in total. The highest BCUT2D eigenvalue weighted by molar-refractivity contribution is 5.36. The van der Waals surface area contributed by atoms with Crippen LogP contribution in [-0.2, 0) is 0 Å². The maximum Gasteiger partial charge on any atom is 0.163 e. The van der Waals surface area contributed by atoms with Gasteiger partial charge in [-0.25, -0.2) is 0 Å². The molecule has 0 fully saturated rings. The third kappa shape index (κ3) is 2.38. The summed E-state index contributed by atoms with van der Waals surface area (Å²) in [6.45, 7) is 7.72. The molecule has 0 radical (unpaired) electrons. The zero-order valence-corrected chi connectivity index (χ0v) is 12.0. The number of aliphatic hydroxyl groups is 1. The summed E-state index contributed by atoms with van der Waals surface area (Å²) < 4.78 is 12.5. The molecular weight excluding hydrogens is 244 g/mol. The standard InChI is InChI=1S/C14H20N2O3/c1-8(2)16-13(12(18-5)7-15-16)14(17)11-6-9(3)19-10(11)4/h6-8,14,17H,1-5H3. The quantitative estimate of drug-likeness (QED) is 0.922. The Morgan fingerprint density at radius 1 is 1.37 bits per heavy atom. The van der Waals surface area contributed by atoms with Crippen LogP contribution in [0.3, 0.4) is 0 Å². The summed E-state index contributed by atoms with van der Waals surface area (Å²) in [7, 11) is 1.57. The molecule has 2 aromatic heterocycles. The van der Waals surface area contributed by atoms with Gasteiger partial charge < -0.3 is 14.3 Å². The lowest BCUT2D eigenvalue weighted by atomic mass is 10.1. The first kappa shape index (κ1) is 13.7. The molecule has 0 spiro atoms. The van der Waals surface area contributed by atoms with E-state index >= 15 is 0 Å². The van der Waals surface area contributed by atoms with Gasteiger partial charge in [-0.15, -0.1) is 0 Å². The van der Waals surface area contributed by atoms with E-state index in [1.807, 2.05) is 33.8 Å². The molecule has 5 nitrogen and oxygen atoms in total. The van der Waals surface area contributed by atoms with Gasteiger partial charge in [-0.05, 0) is 33.8 Å². The Morgan fingerprint density at radius 3 is 2.53 bits per heavy atom. The molecule has 2 rings (SSSR count). The summed E-state index contributed by atoms with van der Waals surface area (Å²) in [5.41, 5.74) is 1.40. The minimum absolute atomic E-state index is 0.141. The summed E-state index contributed by atoms with van der Waals surface area (Å²) in [6, 6.07) is 1.98. The Labute approximate surface area is 112 Å². The average Bonchev–Trinajstić information content (AvgIpc) is 2.91. The summed E-state index contributed by atoms with van der Waals surface area (Å²) in [4.78, 5) is 0. The molecule has 0 amide bonds. The highest BCUT2D eigenvalue weighted by Gasteiger charge is 2.25. The molecule has 2 heterocycles. The van der Waals surface area contributed by atoms with Gasteiger partial charge in [0.25, 0.3) is 0 Å². The highest BCUT2D eigenvalue weighted by atomic mass is 16.5. The second-order valence-corrected chi connectivity index (χ2v) is 4.91. The molecule has 0 bridgehead atoms. The number of hydrogen-bond donors (Lipinski definition) is 1. The number of ether oxygens (including phenoxy) is 1. The molecule has 0 aliphatic carbocycles. The normalized spacial score (nSPS) is 13.0. The van der Waals surface area contributed by atoms with Gasteiger partial charge in [-0.2, -0.15) is 5.10 Å². The first-order valence-electron chi connectivity index (χ1n) is 6.32. The third-order valence-corrected chi connectivity index (χ3v) is 3.14. The monoisotopic (exact) mass is 264 g/mol. The molecule has 5 heteroatoms. The fourth-order valence-corrected chi connectivity index (χ4v) is 2.25. The Balaban J connectivity index is 2.51. The van der Waals surface area contributed by atoms with Crippen molar-refractivity contribution in [3.63, 3.8) is 0 Å². The van der Waals surface area contributed by atoms with E-state index in [0.717, 1.165) is 11.3 Å². The van der Waals surface area contributed by atoms with Gasteiger partial charge in [0, 0.05) is 11.6 Å². The SMILES string of the molecule is COc1cnn(C(C)C)c1C(O)c1cc(C)oc1C. The van der Waals surface area contributed by atoms with Crippen molar-refractivity contribution in [2.75, 3.05) is 7.11 Å². The Kier molecular flexibility index (Phi) is 3.66. The molecule has 19 heavy (non-hydrogen) atoms. The van der Waals surface area contributed by atoms with Crippen LogP contribution in [-0.4, -0.2) is 22.0 Å². The Morgan fingerprint density at radius 2 is 2.05 bits per heavy atom. The summed E-state index contributed by atoms with van der Waals surface area (Å²) in [5, 5.41) is 14.9. The first-order valence-corrected chi connectivity index (χ1v) is 6.32. The molecule has 0 saturated carbocycles. The van der Waals surface area contributed by atoms with Gasteiger partial charge in [-0.3, -0.25) is 4.68 Å². The van der Waals surface area contributed by atoms with Crippen molar-refractivity contribution < 1.29 is 14.3 Å². The van der Waals surface area contributed by atoms with E-state index in [1.54, 1.807) is 18.0 Å². The van der Waals surface area contributed by atoms with Crippen LogP contribution in [0, 0.1) is 13.8 Å². The Bertz CT molecular complexity index is 569. The predicted octanol–water partition coefficient (Wildman–Crippen LogP) is 2.76. The van der Waals surface area contributed by atoms with E-state index < -0.39 is 6.10 Å². The average molecular weight is 264 g/mol. The van der Waals surface area contributed by atoms with Crippen LogP contribution in [0.2, 0.25) is 0 Å². The molecule has 0 aromatic carbocycles. The molecular formula is C14H20N2O3. The molecule has 1 unspecified atom stereocenters. The zero-order valence-electron chi connectivity index (χ0n) is 12.0. The molecule has 0 aliphatic heterocycles. The maximum atomic E-state index is 10.6. The van der Waals surface area contributed by atoms with Crippen molar-refractivity contribution in [2.24, 2.45) is 0 Å². The first-order chi connectivity index (χ1) is 8.95. The number of rotatable bonds is 4. The van der Waals surface area contributed by atoms with Crippen LogP contribution in [0.1, 0.15) is 48.8 Å². The topological polar surface area (TPSA) is 60.4 Å². The van der Waals surface area contributed by atoms with Crippen LogP contribution in [0.5, 0.6) is 5.75 Å². The number of methoxy groups -OCH3 is 1. The fraction of sp³-hybridized carbons (Fsp3) is 0.500. The summed E-state index contributed by atoms with van der Waals surface area (Å²) in [5.74, 6) is 2.07. The van der Waals surface area contributed by atoms with Gasteiger partial charge in [0.1, 0.15) is 23.3 Å². The van der Waals surface area contributed by atoms with Gasteiger partial charge in [0.15, 0.2) is 5.75 Å². The lowest BCUT2D eigenvalue weighted by molar-refractivity contribution is 0.197. The molecule has 1 atom stereocenters. The van der Waals surface area contributed by atoms with Crippen LogP contribution >= 0.6 is 0 Å². The number of aliphatic hydroxyl groups excluding tert-OH is 1. The molecule has 104 valence electrons. The lowest BCUT2D eigenvalue weighted by Gasteiger charge is -2.16. The van der Waals surface area contributed by atoms with E-state index in [4.69, 9.17) is 9.15 Å². The maximum absolute atomic E-state index is 10.6. The van der Waals surface area contributed by atoms with E-state index in [9.17, 15) is 5.11 Å². The molecule has 2 aromatic rings. The number of hydrogen-bond acceptors (Lipinski definition) is 4. The summed E-state index contributed by atoms with van der Waals surface area (Å²) in [6.07, 6.45) is 0.818. The number of nitrogens with zero attached hydrogens (tertiary/aromatic N) is 2. The van der Waals surface area contributed by atoms with Gasteiger partial charge in [0.2, 0.25) is 0 Å². The van der Waals surface area contributed by atoms with Crippen molar-refractivity contribution in [3.05, 3.63) is 35.0 Å². The van der Waals surface area contributed by atoms with Crippen LogP contribution in [0.15, 0.2) is 16.7 Å². The van der Waals surface area contributed by atoms with Crippen LogP contribution < -0.4 is 4.74 Å². The van der Waals surface area contributed by atoms with Crippen molar-refractivity contribution in [1.82, 2.24) is 9.78 Å². The number of aryl methyl sites for hydroxylation is 2. The summed E-state index contributed by atoms with van der Waals surface area (Å²) >= 11 is 0. The van der Waals surface area contributed by atoms with Gasteiger partial charge in [-0.1, -0.05) is 0 Å². The fourth-order valence-electron chi connectivity index (χ4n) is 2.25. The van der Waals surface area contributed by atoms with Crippen molar-refractivity contribution in [1.29, 1.82) is 0 Å². The highest BCUT2D eigenvalue weighted by Crippen LogP contribution is 2.34. The largest absolute Gasteiger partial charge is 0.493 e. The zero-order chi connectivity index (χ0) is 14.2. The minimum atomic E-state index is -0.808. The number of furan rings is 1. The second-order valence-electron chi connectivity index (χ2n) is 4.91. The van der Waals surface area contributed by atoms with Crippen molar-refractivity contribution >= 4 is 0 Å². The van der Waals surface area contributed by atoms with Gasteiger partial charge in [0.05, 0.1) is 13.3 Å². The van der Waals surface area contributed by atoms with E-state index in [-0.39, 0.29) is 6.04 Å². The third-order valence-electron chi connectivity index (χ3n) is 3.14. The van der Waals surface area contributed by atoms with Crippen molar-refractivity contribution in [3.8, 4) is 5.75 Å². The number of aromatic nitrogens is 2. The van der Waals surface area contributed by atoms with Gasteiger partial charge >= 0.3 is 0 Å². The smallest absolute Gasteiger partial charge is 0.163 e. The predicted molar refractivity (Wildman–Crippen MR) is 71.4 cm³/mol. The van der Waals surface area contributed by atoms with Crippen LogP contribution in [0.25, 0.3) is 0 Å². The molecule has 0 aliphatic rings. The second kappa shape index (κ2) is 5.09.